The lowest BCUT2D eigenvalue weighted by Crippen LogP contribution is -2.27. The fourth-order valence-corrected chi connectivity index (χ4v) is 2.97. The number of fused-ring (bicyclic) bond motifs is 1. The molecule has 2 aromatic carbocycles. The number of nitrogens with one attached hydrogen (secondary N) is 1. The van der Waals surface area contributed by atoms with Crippen molar-refractivity contribution in [2.24, 2.45) is 0 Å². The second kappa shape index (κ2) is 7.53. The van der Waals surface area contributed by atoms with Gasteiger partial charge in [0.2, 0.25) is 0 Å². The number of rotatable bonds is 4. The van der Waals surface area contributed by atoms with Gasteiger partial charge >= 0.3 is 0 Å². The number of hydrogen-bond acceptors (Lipinski definition) is 4. The van der Waals surface area contributed by atoms with E-state index in [9.17, 15) is 4.79 Å². The lowest BCUT2D eigenvalue weighted by Gasteiger charge is -2.16. The summed E-state index contributed by atoms with van der Waals surface area (Å²) in [6, 6.07) is 17.0. The van der Waals surface area contributed by atoms with Crippen LogP contribution >= 0.6 is 0 Å². The first kappa shape index (κ1) is 17.1. The molecular formula is C21H21N3O3. The summed E-state index contributed by atoms with van der Waals surface area (Å²) in [4.78, 5) is 12.6. The average Bonchev–Trinajstić information content (AvgIpc) is 3.08. The standard InChI is InChI=1S/C21H21N3O3/c1-15(16-8-9-19-20(14-16)27-13-5-12-26-19)22-21(25)18-10-11-24(23-18)17-6-3-2-4-7-17/h2-4,6-11,14-15H,5,12-13H2,1H3,(H,22,25). The van der Waals surface area contributed by atoms with E-state index >= 15 is 0 Å². The van der Waals surface area contributed by atoms with Crippen molar-refractivity contribution in [1.29, 1.82) is 0 Å². The molecule has 1 atom stereocenters. The average molecular weight is 363 g/mol. The highest BCUT2D eigenvalue weighted by Crippen LogP contribution is 2.32. The molecule has 1 amide bonds. The van der Waals surface area contributed by atoms with E-state index < -0.39 is 0 Å². The van der Waals surface area contributed by atoms with Crippen molar-refractivity contribution in [3.8, 4) is 17.2 Å². The van der Waals surface area contributed by atoms with Gasteiger partial charge in [-0.3, -0.25) is 4.79 Å². The summed E-state index contributed by atoms with van der Waals surface area (Å²) in [5.41, 5.74) is 2.24. The van der Waals surface area contributed by atoms with Crippen molar-refractivity contribution in [2.75, 3.05) is 13.2 Å². The van der Waals surface area contributed by atoms with Crippen LogP contribution in [0.2, 0.25) is 0 Å². The maximum Gasteiger partial charge on any atom is 0.272 e. The van der Waals surface area contributed by atoms with Crippen LogP contribution in [0, 0.1) is 0 Å². The maximum absolute atomic E-state index is 12.6. The summed E-state index contributed by atoms with van der Waals surface area (Å²) in [5.74, 6) is 1.25. The summed E-state index contributed by atoms with van der Waals surface area (Å²) in [5, 5.41) is 7.36. The molecule has 0 saturated heterocycles. The molecule has 0 aliphatic carbocycles. The van der Waals surface area contributed by atoms with Crippen LogP contribution in [0.15, 0.2) is 60.8 Å². The van der Waals surface area contributed by atoms with E-state index in [2.05, 4.69) is 10.4 Å². The van der Waals surface area contributed by atoms with Crippen LogP contribution in [0.4, 0.5) is 0 Å². The number of amides is 1. The number of ether oxygens (including phenoxy) is 2. The van der Waals surface area contributed by atoms with Gasteiger partial charge < -0.3 is 14.8 Å². The predicted octanol–water partition coefficient (Wildman–Crippen LogP) is 3.52. The minimum absolute atomic E-state index is 0.184. The molecule has 4 rings (SSSR count). The molecule has 0 radical (unpaired) electrons. The molecule has 0 spiro atoms. The van der Waals surface area contributed by atoms with E-state index in [1.165, 1.54) is 0 Å². The largest absolute Gasteiger partial charge is 0.490 e. The number of aromatic nitrogens is 2. The summed E-state index contributed by atoms with van der Waals surface area (Å²) in [7, 11) is 0. The monoisotopic (exact) mass is 363 g/mol. The van der Waals surface area contributed by atoms with Crippen LogP contribution in [0.3, 0.4) is 0 Å². The second-order valence-corrected chi connectivity index (χ2v) is 6.43. The normalized spacial score (nSPS) is 14.3. The zero-order valence-corrected chi connectivity index (χ0v) is 15.1. The van der Waals surface area contributed by atoms with E-state index in [0.717, 1.165) is 29.2 Å². The topological polar surface area (TPSA) is 65.4 Å². The number of hydrogen-bond donors (Lipinski definition) is 1. The highest BCUT2D eigenvalue weighted by molar-refractivity contribution is 5.92. The second-order valence-electron chi connectivity index (χ2n) is 6.43. The molecule has 6 nitrogen and oxygen atoms in total. The molecule has 6 heteroatoms. The Kier molecular flexibility index (Phi) is 4.78. The predicted molar refractivity (Wildman–Crippen MR) is 101 cm³/mol. The molecule has 0 bridgehead atoms. The lowest BCUT2D eigenvalue weighted by molar-refractivity contribution is 0.0934. The third-order valence-electron chi connectivity index (χ3n) is 4.46. The van der Waals surface area contributed by atoms with Crippen LogP contribution < -0.4 is 14.8 Å². The summed E-state index contributed by atoms with van der Waals surface area (Å²) in [6.45, 7) is 3.22. The van der Waals surface area contributed by atoms with Gasteiger partial charge in [0.15, 0.2) is 17.2 Å². The Balaban J connectivity index is 1.47. The number of benzene rings is 2. The number of para-hydroxylation sites is 1. The van der Waals surface area contributed by atoms with Crippen LogP contribution in [-0.4, -0.2) is 28.9 Å². The Bertz CT molecular complexity index is 937. The molecule has 1 aliphatic heterocycles. The number of nitrogens with zero attached hydrogens (tertiary/aromatic N) is 2. The van der Waals surface area contributed by atoms with Gasteiger partial charge in [0.1, 0.15) is 0 Å². The molecule has 2 heterocycles. The number of carbonyl (C=O) groups is 1. The Morgan fingerprint density at radius 1 is 1.07 bits per heavy atom. The Morgan fingerprint density at radius 2 is 1.85 bits per heavy atom. The number of carbonyl (C=O) groups excluding carboxylic acids is 1. The minimum atomic E-state index is -0.218. The van der Waals surface area contributed by atoms with Crippen molar-refractivity contribution < 1.29 is 14.3 Å². The molecule has 27 heavy (non-hydrogen) atoms. The van der Waals surface area contributed by atoms with Gasteiger partial charge in [-0.2, -0.15) is 5.10 Å². The molecule has 3 aromatic rings. The van der Waals surface area contributed by atoms with E-state index in [-0.39, 0.29) is 11.9 Å². The van der Waals surface area contributed by atoms with Crippen LogP contribution in [0.5, 0.6) is 11.5 Å². The summed E-state index contributed by atoms with van der Waals surface area (Å²) in [6.07, 6.45) is 2.64. The van der Waals surface area contributed by atoms with Crippen molar-refractivity contribution in [1.82, 2.24) is 15.1 Å². The van der Waals surface area contributed by atoms with Crippen LogP contribution in [0.25, 0.3) is 5.69 Å². The SMILES string of the molecule is CC(NC(=O)c1ccn(-c2ccccc2)n1)c1ccc2c(c1)OCCCO2. The lowest BCUT2D eigenvalue weighted by atomic mass is 10.1. The molecule has 1 N–H and O–H groups in total. The zero-order valence-electron chi connectivity index (χ0n) is 15.1. The van der Waals surface area contributed by atoms with Gasteiger partial charge in [-0.15, -0.1) is 0 Å². The summed E-state index contributed by atoms with van der Waals surface area (Å²) < 4.78 is 13.1. The maximum atomic E-state index is 12.6. The van der Waals surface area contributed by atoms with Crippen LogP contribution in [-0.2, 0) is 0 Å². The highest BCUT2D eigenvalue weighted by Gasteiger charge is 2.17. The van der Waals surface area contributed by atoms with Crippen LogP contribution in [0.1, 0.15) is 35.4 Å². The summed E-state index contributed by atoms with van der Waals surface area (Å²) >= 11 is 0. The van der Waals surface area contributed by atoms with Gasteiger partial charge in [0, 0.05) is 12.6 Å². The van der Waals surface area contributed by atoms with Gasteiger partial charge in [0.05, 0.1) is 24.9 Å². The van der Waals surface area contributed by atoms with Gasteiger partial charge in [-0.05, 0) is 42.8 Å². The molecule has 1 aliphatic rings. The molecular weight excluding hydrogens is 342 g/mol. The van der Waals surface area contributed by atoms with Gasteiger partial charge in [-0.25, -0.2) is 4.68 Å². The van der Waals surface area contributed by atoms with E-state index in [0.29, 0.717) is 18.9 Å². The van der Waals surface area contributed by atoms with E-state index in [1.807, 2.05) is 55.5 Å². The third-order valence-corrected chi connectivity index (χ3v) is 4.46. The first-order chi connectivity index (χ1) is 13.2. The van der Waals surface area contributed by atoms with E-state index in [1.54, 1.807) is 16.9 Å². The first-order valence-electron chi connectivity index (χ1n) is 9.02. The first-order valence-corrected chi connectivity index (χ1v) is 9.02. The zero-order chi connectivity index (χ0) is 18.6. The fourth-order valence-electron chi connectivity index (χ4n) is 2.97. The molecule has 1 aromatic heterocycles. The smallest absolute Gasteiger partial charge is 0.272 e. The quantitative estimate of drug-likeness (QED) is 0.770. The Labute approximate surface area is 157 Å². The molecule has 138 valence electrons. The molecule has 0 fully saturated rings. The van der Waals surface area contributed by atoms with E-state index in [4.69, 9.17) is 9.47 Å². The minimum Gasteiger partial charge on any atom is -0.490 e. The fraction of sp³-hybridized carbons (Fsp3) is 0.238. The Hall–Kier alpha value is -3.28. The molecule has 0 saturated carbocycles. The van der Waals surface area contributed by atoms with Crippen molar-refractivity contribution in [3.63, 3.8) is 0 Å². The Morgan fingerprint density at radius 3 is 2.67 bits per heavy atom. The van der Waals surface area contributed by atoms with Crippen molar-refractivity contribution >= 4 is 5.91 Å². The molecule has 1 unspecified atom stereocenters. The van der Waals surface area contributed by atoms with Crippen molar-refractivity contribution in [2.45, 2.75) is 19.4 Å². The highest BCUT2D eigenvalue weighted by atomic mass is 16.5. The van der Waals surface area contributed by atoms with Gasteiger partial charge in [-0.1, -0.05) is 24.3 Å². The third kappa shape index (κ3) is 3.79. The van der Waals surface area contributed by atoms with Gasteiger partial charge in [0.25, 0.3) is 5.91 Å². The van der Waals surface area contributed by atoms with Crippen molar-refractivity contribution in [3.05, 3.63) is 72.1 Å².